The van der Waals surface area contributed by atoms with Crippen LogP contribution in [-0.4, -0.2) is 18.6 Å². The summed E-state index contributed by atoms with van der Waals surface area (Å²) in [6.45, 7) is 3.12. The molecule has 1 N–H and O–H groups in total. The van der Waals surface area contributed by atoms with Crippen LogP contribution in [0.2, 0.25) is 0 Å². The number of nitrogens with zero attached hydrogens (tertiary/aromatic N) is 1. The fraction of sp³-hybridized carbons (Fsp3) is 0.417. The molecule has 1 aromatic carbocycles. The van der Waals surface area contributed by atoms with Gasteiger partial charge in [0.25, 0.3) is 0 Å². The molecule has 1 aromatic rings. The lowest BCUT2D eigenvalue weighted by molar-refractivity contribution is 0.701. The lowest BCUT2D eigenvalue weighted by Crippen LogP contribution is -2.13. The second kappa shape index (κ2) is 6.36. The molecule has 0 aliphatic carbocycles. The smallest absolute Gasteiger partial charge is 0.101 e. The third kappa shape index (κ3) is 3.85. The number of nitrogens with one attached hydrogen (secondary N) is 1. The van der Waals surface area contributed by atoms with Gasteiger partial charge in [-0.3, -0.25) is 0 Å². The Labute approximate surface area is 95.7 Å². The van der Waals surface area contributed by atoms with E-state index in [9.17, 15) is 0 Å². The van der Waals surface area contributed by atoms with Crippen molar-refractivity contribution in [2.24, 2.45) is 5.92 Å². The Kier molecular flexibility index (Phi) is 5.06. The predicted molar refractivity (Wildman–Crippen MR) is 67.2 cm³/mol. The van der Waals surface area contributed by atoms with Crippen molar-refractivity contribution in [3.63, 3.8) is 0 Å². The molecule has 0 aliphatic heterocycles. The Hall–Kier alpha value is -1.14. The topological polar surface area (TPSA) is 35.8 Å². The van der Waals surface area contributed by atoms with Crippen molar-refractivity contribution in [2.45, 2.75) is 6.92 Å². The highest BCUT2D eigenvalue weighted by Gasteiger charge is 2.03. The molecule has 0 aliphatic rings. The minimum Gasteiger partial charge on any atom is -0.384 e. The van der Waals surface area contributed by atoms with Crippen LogP contribution in [0.1, 0.15) is 12.5 Å². The largest absolute Gasteiger partial charge is 0.384 e. The Morgan fingerprint density at radius 1 is 1.47 bits per heavy atom. The molecule has 0 saturated heterocycles. The van der Waals surface area contributed by atoms with Crippen LogP contribution in [0.25, 0.3) is 0 Å². The minimum atomic E-state index is 0.617. The van der Waals surface area contributed by atoms with Gasteiger partial charge < -0.3 is 5.32 Å². The molecule has 0 saturated carbocycles. The number of hydrogen-bond acceptors (Lipinski definition) is 3. The van der Waals surface area contributed by atoms with Gasteiger partial charge in [0.15, 0.2) is 0 Å². The fourth-order valence-electron chi connectivity index (χ4n) is 1.36. The van der Waals surface area contributed by atoms with E-state index < -0.39 is 0 Å². The number of rotatable bonds is 5. The van der Waals surface area contributed by atoms with Gasteiger partial charge in [-0.15, -0.1) is 0 Å². The zero-order valence-corrected chi connectivity index (χ0v) is 9.97. The second-order valence-corrected chi connectivity index (χ2v) is 4.51. The molecule has 3 heteroatoms. The number of anilines is 1. The first kappa shape index (κ1) is 11.9. The molecule has 0 heterocycles. The van der Waals surface area contributed by atoms with E-state index in [-0.39, 0.29) is 0 Å². The van der Waals surface area contributed by atoms with E-state index in [1.165, 1.54) is 0 Å². The lowest BCUT2D eigenvalue weighted by Gasteiger charge is -2.12. The predicted octanol–water partition coefficient (Wildman–Crippen LogP) is 2.97. The Morgan fingerprint density at radius 2 is 2.20 bits per heavy atom. The molecule has 15 heavy (non-hydrogen) atoms. The van der Waals surface area contributed by atoms with E-state index in [4.69, 9.17) is 5.26 Å². The fourth-order valence-corrected chi connectivity index (χ4v) is 2.05. The average molecular weight is 220 g/mol. The van der Waals surface area contributed by atoms with Crippen LogP contribution in [0.15, 0.2) is 24.3 Å². The van der Waals surface area contributed by atoms with Crippen molar-refractivity contribution in [1.82, 2.24) is 0 Å². The molecule has 0 bridgehead atoms. The van der Waals surface area contributed by atoms with Crippen molar-refractivity contribution in [1.29, 1.82) is 5.26 Å². The molecule has 0 fully saturated rings. The SMILES string of the molecule is CSCC(C)CNc1ccccc1C#N. The summed E-state index contributed by atoms with van der Waals surface area (Å²) in [5.41, 5.74) is 1.65. The summed E-state index contributed by atoms with van der Waals surface area (Å²) in [4.78, 5) is 0. The zero-order valence-electron chi connectivity index (χ0n) is 9.16. The van der Waals surface area contributed by atoms with Gasteiger partial charge in [-0.1, -0.05) is 19.1 Å². The maximum absolute atomic E-state index is 8.89. The quantitative estimate of drug-likeness (QED) is 0.828. The number of hydrogen-bond donors (Lipinski definition) is 1. The van der Waals surface area contributed by atoms with E-state index in [1.807, 2.05) is 36.0 Å². The van der Waals surface area contributed by atoms with Gasteiger partial charge in [-0.25, -0.2) is 0 Å². The van der Waals surface area contributed by atoms with Gasteiger partial charge in [0.1, 0.15) is 6.07 Å². The normalized spacial score (nSPS) is 11.8. The van der Waals surface area contributed by atoms with Gasteiger partial charge in [0.2, 0.25) is 0 Å². The molecule has 2 nitrogen and oxygen atoms in total. The molecular weight excluding hydrogens is 204 g/mol. The molecule has 0 aromatic heterocycles. The van der Waals surface area contributed by atoms with E-state index in [2.05, 4.69) is 24.6 Å². The van der Waals surface area contributed by atoms with Crippen LogP contribution in [0.5, 0.6) is 0 Å². The van der Waals surface area contributed by atoms with E-state index in [0.717, 1.165) is 18.0 Å². The van der Waals surface area contributed by atoms with Crippen LogP contribution < -0.4 is 5.32 Å². The molecule has 1 rings (SSSR count). The summed E-state index contributed by atoms with van der Waals surface area (Å²) in [6.07, 6.45) is 2.11. The van der Waals surface area contributed by atoms with E-state index in [0.29, 0.717) is 11.5 Å². The van der Waals surface area contributed by atoms with Gasteiger partial charge in [-0.2, -0.15) is 17.0 Å². The van der Waals surface area contributed by atoms with Gasteiger partial charge in [0, 0.05) is 6.54 Å². The summed E-state index contributed by atoms with van der Waals surface area (Å²) < 4.78 is 0. The average Bonchev–Trinajstić information content (AvgIpc) is 2.27. The Morgan fingerprint density at radius 3 is 2.87 bits per heavy atom. The molecule has 0 spiro atoms. The van der Waals surface area contributed by atoms with Gasteiger partial charge >= 0.3 is 0 Å². The first-order valence-electron chi connectivity index (χ1n) is 5.00. The van der Waals surface area contributed by atoms with E-state index >= 15 is 0 Å². The summed E-state index contributed by atoms with van der Waals surface area (Å²) in [7, 11) is 0. The maximum atomic E-state index is 8.89. The summed E-state index contributed by atoms with van der Waals surface area (Å²) >= 11 is 1.85. The first-order valence-corrected chi connectivity index (χ1v) is 6.39. The van der Waals surface area contributed by atoms with Gasteiger partial charge in [-0.05, 0) is 30.1 Å². The number of nitriles is 1. The molecule has 0 amide bonds. The summed E-state index contributed by atoms with van der Waals surface area (Å²) in [6, 6.07) is 9.80. The minimum absolute atomic E-state index is 0.617. The molecule has 0 radical (unpaired) electrons. The van der Waals surface area contributed by atoms with Crippen molar-refractivity contribution in [2.75, 3.05) is 23.9 Å². The highest BCUT2D eigenvalue weighted by molar-refractivity contribution is 7.98. The Balaban J connectivity index is 2.54. The molecule has 1 atom stereocenters. The van der Waals surface area contributed by atoms with Crippen molar-refractivity contribution in [3.8, 4) is 6.07 Å². The number of benzene rings is 1. The first-order chi connectivity index (χ1) is 7.27. The summed E-state index contributed by atoms with van der Waals surface area (Å²) in [5.74, 6) is 1.76. The third-order valence-electron chi connectivity index (χ3n) is 2.14. The van der Waals surface area contributed by atoms with Crippen molar-refractivity contribution < 1.29 is 0 Å². The molecule has 80 valence electrons. The molecular formula is C12H16N2S. The highest BCUT2D eigenvalue weighted by atomic mass is 32.2. The second-order valence-electron chi connectivity index (χ2n) is 3.60. The van der Waals surface area contributed by atoms with Crippen LogP contribution in [-0.2, 0) is 0 Å². The monoisotopic (exact) mass is 220 g/mol. The lowest BCUT2D eigenvalue weighted by atomic mass is 10.1. The van der Waals surface area contributed by atoms with Crippen LogP contribution in [0.3, 0.4) is 0 Å². The number of para-hydroxylation sites is 1. The van der Waals surface area contributed by atoms with Crippen molar-refractivity contribution in [3.05, 3.63) is 29.8 Å². The Bertz CT molecular complexity index is 344. The summed E-state index contributed by atoms with van der Waals surface area (Å²) in [5, 5.41) is 12.2. The van der Waals surface area contributed by atoms with Gasteiger partial charge in [0.05, 0.1) is 11.3 Å². The van der Waals surface area contributed by atoms with Crippen LogP contribution in [0, 0.1) is 17.2 Å². The highest BCUT2D eigenvalue weighted by Crippen LogP contribution is 2.14. The van der Waals surface area contributed by atoms with Crippen LogP contribution >= 0.6 is 11.8 Å². The van der Waals surface area contributed by atoms with Crippen LogP contribution in [0.4, 0.5) is 5.69 Å². The number of thioether (sulfide) groups is 1. The zero-order chi connectivity index (χ0) is 11.1. The van der Waals surface area contributed by atoms with E-state index in [1.54, 1.807) is 0 Å². The molecule has 1 unspecified atom stereocenters. The maximum Gasteiger partial charge on any atom is 0.101 e. The standard InChI is InChI=1S/C12H16N2S/c1-10(9-15-2)8-14-12-6-4-3-5-11(12)7-13/h3-6,10,14H,8-9H2,1-2H3. The third-order valence-corrected chi connectivity index (χ3v) is 3.04. The van der Waals surface area contributed by atoms with Crippen molar-refractivity contribution >= 4 is 17.4 Å².